The fraction of sp³-hybridized carbons (Fsp3) is 0.222. The van der Waals surface area contributed by atoms with E-state index in [0.717, 1.165) is 0 Å². The number of benzene rings is 1. The van der Waals surface area contributed by atoms with Crippen molar-refractivity contribution >= 4 is 29.1 Å². The molecule has 0 fully saturated rings. The first-order valence-corrected chi connectivity index (χ1v) is 5.43. The second-order valence-electron chi connectivity index (χ2n) is 2.52. The Balaban J connectivity index is 2.99. The predicted molar refractivity (Wildman–Crippen MR) is 55.8 cm³/mol. The van der Waals surface area contributed by atoms with E-state index in [9.17, 15) is 9.90 Å². The van der Waals surface area contributed by atoms with E-state index >= 15 is 0 Å². The molecule has 13 heavy (non-hydrogen) atoms. The second kappa shape index (κ2) is 4.53. The molecule has 0 unspecified atom stereocenters. The Hall–Kier alpha value is -0.670. The lowest BCUT2D eigenvalue weighted by Crippen LogP contribution is -2.02. The minimum atomic E-state index is -0.104. The summed E-state index contributed by atoms with van der Waals surface area (Å²) in [5, 5.41) is 9.80. The van der Waals surface area contributed by atoms with E-state index in [1.54, 1.807) is 6.07 Å². The maximum absolute atomic E-state index is 11.4. The first-order chi connectivity index (χ1) is 6.15. The third-order valence-electron chi connectivity index (χ3n) is 1.53. The zero-order valence-electron chi connectivity index (χ0n) is 7.08. The quantitative estimate of drug-likeness (QED) is 0.790. The lowest BCUT2D eigenvalue weighted by molar-refractivity contribution is 0.102. The number of carbonyl (C=O) groups is 1. The van der Waals surface area contributed by atoms with Crippen molar-refractivity contribution in [1.82, 2.24) is 0 Å². The number of aromatic hydroxyl groups is 1. The molecule has 1 aromatic rings. The molecule has 0 aromatic heterocycles. The van der Waals surface area contributed by atoms with Crippen molar-refractivity contribution in [3.63, 3.8) is 0 Å². The van der Waals surface area contributed by atoms with E-state index in [1.807, 2.05) is 6.26 Å². The highest BCUT2D eigenvalue weighted by Crippen LogP contribution is 2.22. The SMILES string of the molecule is CSCC(=O)c1cc(Cl)ccc1O. The summed E-state index contributed by atoms with van der Waals surface area (Å²) in [5.74, 6) is 0.240. The van der Waals surface area contributed by atoms with Crippen LogP contribution in [-0.2, 0) is 0 Å². The highest BCUT2D eigenvalue weighted by Gasteiger charge is 2.10. The summed E-state index contributed by atoms with van der Waals surface area (Å²) in [6.45, 7) is 0. The van der Waals surface area contributed by atoms with Crippen molar-refractivity contribution < 1.29 is 9.90 Å². The molecule has 4 heteroatoms. The Bertz CT molecular complexity index is 325. The number of ketones is 1. The van der Waals surface area contributed by atoms with Gasteiger partial charge < -0.3 is 5.11 Å². The Morgan fingerprint density at radius 2 is 2.31 bits per heavy atom. The van der Waals surface area contributed by atoms with Crippen molar-refractivity contribution in [3.8, 4) is 5.75 Å². The first kappa shape index (κ1) is 10.4. The summed E-state index contributed by atoms with van der Waals surface area (Å²) < 4.78 is 0. The maximum Gasteiger partial charge on any atom is 0.176 e. The molecular formula is C9H9ClO2S. The van der Waals surface area contributed by atoms with E-state index in [4.69, 9.17) is 11.6 Å². The van der Waals surface area contributed by atoms with E-state index in [1.165, 1.54) is 23.9 Å². The molecule has 0 saturated carbocycles. The first-order valence-electron chi connectivity index (χ1n) is 3.66. The Morgan fingerprint density at radius 1 is 1.62 bits per heavy atom. The van der Waals surface area contributed by atoms with Crippen LogP contribution >= 0.6 is 23.4 Å². The van der Waals surface area contributed by atoms with Gasteiger partial charge in [0.25, 0.3) is 0 Å². The van der Waals surface area contributed by atoms with E-state index in [0.29, 0.717) is 16.3 Å². The Kier molecular flexibility index (Phi) is 3.63. The van der Waals surface area contributed by atoms with Crippen LogP contribution in [0.15, 0.2) is 18.2 Å². The number of thioether (sulfide) groups is 1. The topological polar surface area (TPSA) is 37.3 Å². The molecule has 0 radical (unpaired) electrons. The van der Waals surface area contributed by atoms with Crippen LogP contribution < -0.4 is 0 Å². The van der Waals surface area contributed by atoms with Gasteiger partial charge in [-0.1, -0.05) is 11.6 Å². The third-order valence-corrected chi connectivity index (χ3v) is 2.32. The average Bonchev–Trinajstić information content (AvgIpc) is 2.09. The van der Waals surface area contributed by atoms with Crippen molar-refractivity contribution in [2.45, 2.75) is 0 Å². The zero-order chi connectivity index (χ0) is 9.84. The summed E-state index contributed by atoms with van der Waals surface area (Å²) in [5.41, 5.74) is 0.293. The van der Waals surface area contributed by atoms with Crippen LogP contribution in [-0.4, -0.2) is 22.9 Å². The molecule has 1 N–H and O–H groups in total. The van der Waals surface area contributed by atoms with Crippen LogP contribution in [0, 0.1) is 0 Å². The minimum absolute atomic E-state index is 0.0107. The predicted octanol–water partition coefficient (Wildman–Crippen LogP) is 2.59. The number of phenolic OH excluding ortho intramolecular Hbond substituents is 1. The number of phenols is 1. The number of carbonyl (C=O) groups excluding carboxylic acids is 1. The summed E-state index contributed by atoms with van der Waals surface area (Å²) in [4.78, 5) is 11.4. The van der Waals surface area contributed by atoms with Gasteiger partial charge in [0.05, 0.1) is 11.3 Å². The van der Waals surface area contributed by atoms with Gasteiger partial charge in [0.15, 0.2) is 5.78 Å². The molecule has 70 valence electrons. The molecule has 1 rings (SSSR count). The minimum Gasteiger partial charge on any atom is -0.507 e. The standard InChI is InChI=1S/C9H9ClO2S/c1-13-5-9(12)7-4-6(10)2-3-8(7)11/h2-4,11H,5H2,1H3. The van der Waals surface area contributed by atoms with Crippen LogP contribution in [0.25, 0.3) is 0 Å². The Labute approximate surface area is 85.9 Å². The lowest BCUT2D eigenvalue weighted by atomic mass is 10.1. The van der Waals surface area contributed by atoms with Crippen molar-refractivity contribution in [3.05, 3.63) is 28.8 Å². The number of rotatable bonds is 3. The molecule has 0 bridgehead atoms. The van der Waals surface area contributed by atoms with Gasteiger partial charge in [0, 0.05) is 5.02 Å². The molecule has 0 saturated heterocycles. The molecule has 1 aromatic carbocycles. The monoisotopic (exact) mass is 216 g/mol. The fourth-order valence-electron chi connectivity index (χ4n) is 0.940. The molecule has 0 atom stereocenters. The smallest absolute Gasteiger partial charge is 0.176 e. The van der Waals surface area contributed by atoms with Gasteiger partial charge in [-0.25, -0.2) is 0 Å². The number of hydrogen-bond donors (Lipinski definition) is 1. The third kappa shape index (κ3) is 2.64. The van der Waals surface area contributed by atoms with Crippen molar-refractivity contribution in [1.29, 1.82) is 0 Å². The van der Waals surface area contributed by atoms with Crippen molar-refractivity contribution in [2.75, 3.05) is 12.0 Å². The molecule has 2 nitrogen and oxygen atoms in total. The van der Waals surface area contributed by atoms with E-state index in [2.05, 4.69) is 0 Å². The lowest BCUT2D eigenvalue weighted by Gasteiger charge is -2.02. The van der Waals surface area contributed by atoms with Crippen molar-refractivity contribution in [2.24, 2.45) is 0 Å². The second-order valence-corrected chi connectivity index (χ2v) is 3.82. The largest absolute Gasteiger partial charge is 0.507 e. The van der Waals surface area contributed by atoms with Crippen LogP contribution in [0.5, 0.6) is 5.75 Å². The molecule has 0 amide bonds. The summed E-state index contributed by atoms with van der Waals surface area (Å²) in [6.07, 6.45) is 1.83. The number of Topliss-reactive ketones (excluding diaryl/α,β-unsaturated/α-hetero) is 1. The molecule has 0 aliphatic rings. The van der Waals surface area contributed by atoms with Gasteiger partial charge in [-0.3, -0.25) is 4.79 Å². The molecule has 0 heterocycles. The molecule has 0 spiro atoms. The average molecular weight is 217 g/mol. The van der Waals surface area contributed by atoms with Gasteiger partial charge >= 0.3 is 0 Å². The highest BCUT2D eigenvalue weighted by atomic mass is 35.5. The van der Waals surface area contributed by atoms with Crippen LogP contribution in [0.2, 0.25) is 5.02 Å². The van der Waals surface area contributed by atoms with Gasteiger partial charge in [-0.05, 0) is 24.5 Å². The molecular weight excluding hydrogens is 208 g/mol. The van der Waals surface area contributed by atoms with Crippen LogP contribution in [0.3, 0.4) is 0 Å². The Morgan fingerprint density at radius 3 is 2.92 bits per heavy atom. The van der Waals surface area contributed by atoms with Gasteiger partial charge in [0.1, 0.15) is 5.75 Å². The zero-order valence-corrected chi connectivity index (χ0v) is 8.65. The number of halogens is 1. The van der Waals surface area contributed by atoms with Gasteiger partial charge in [-0.15, -0.1) is 0 Å². The van der Waals surface area contributed by atoms with Gasteiger partial charge in [-0.2, -0.15) is 11.8 Å². The molecule has 0 aliphatic heterocycles. The van der Waals surface area contributed by atoms with Gasteiger partial charge in [0.2, 0.25) is 0 Å². The summed E-state index contributed by atoms with van der Waals surface area (Å²) in [7, 11) is 0. The van der Waals surface area contributed by atoms with E-state index in [-0.39, 0.29) is 11.5 Å². The van der Waals surface area contributed by atoms with E-state index < -0.39 is 0 Å². The summed E-state index contributed by atoms with van der Waals surface area (Å²) in [6, 6.07) is 4.46. The fourth-order valence-corrected chi connectivity index (χ4v) is 1.53. The number of hydrogen-bond acceptors (Lipinski definition) is 3. The van der Waals surface area contributed by atoms with Crippen LogP contribution in [0.1, 0.15) is 10.4 Å². The highest BCUT2D eigenvalue weighted by molar-refractivity contribution is 7.99. The molecule has 0 aliphatic carbocycles. The summed E-state index contributed by atoms with van der Waals surface area (Å²) >= 11 is 7.11. The van der Waals surface area contributed by atoms with Crippen LogP contribution in [0.4, 0.5) is 0 Å². The normalized spacial score (nSPS) is 10.0. The maximum atomic E-state index is 11.4.